The summed E-state index contributed by atoms with van der Waals surface area (Å²) in [6.45, 7) is 11.1. The molecular weight excluding hydrogens is 168 g/mol. The van der Waals surface area contributed by atoms with Crippen molar-refractivity contribution in [2.75, 3.05) is 0 Å². The van der Waals surface area contributed by atoms with E-state index in [1.54, 1.807) is 20.8 Å². The van der Waals surface area contributed by atoms with E-state index in [9.17, 15) is 4.79 Å². The predicted molar refractivity (Wildman–Crippen MR) is 51.0 cm³/mol. The van der Waals surface area contributed by atoms with Crippen LogP contribution in [0.3, 0.4) is 0 Å². The van der Waals surface area contributed by atoms with Crippen LogP contribution in [0.5, 0.6) is 0 Å². The fourth-order valence-electron chi connectivity index (χ4n) is 0.335. The molecule has 0 aromatic carbocycles. The second-order valence-corrected chi connectivity index (χ2v) is 4.82. The minimum absolute atomic E-state index is 0.339. The van der Waals surface area contributed by atoms with Crippen LogP contribution in [-0.4, -0.2) is 11.6 Å². The summed E-state index contributed by atoms with van der Waals surface area (Å²) in [7, 11) is 0. The summed E-state index contributed by atoms with van der Waals surface area (Å²) in [6.07, 6.45) is 0.796. The lowest BCUT2D eigenvalue weighted by molar-refractivity contribution is -0.330. The van der Waals surface area contributed by atoms with E-state index in [0.717, 1.165) is 6.42 Å². The number of rotatable bonds is 3. The van der Waals surface area contributed by atoms with Crippen molar-refractivity contribution in [2.24, 2.45) is 5.41 Å². The minimum Gasteiger partial charge on any atom is -0.297 e. The predicted octanol–water partition coefficient (Wildman–Crippen LogP) is 2.70. The Balaban J connectivity index is 3.98. The standard InChI is InChI=1S/C10H20O3/c1-7-10(5,6)13-12-8(11)9(2,3)4/h7H2,1-6H3. The molecule has 0 heterocycles. The SMILES string of the molecule is CCC(C)(C)OOC(=O)C(C)(C)C. The smallest absolute Gasteiger partial charge is 0.297 e. The molecule has 0 aromatic rings. The van der Waals surface area contributed by atoms with Crippen LogP contribution in [0.15, 0.2) is 0 Å². The summed E-state index contributed by atoms with van der Waals surface area (Å²) < 4.78 is 0. The fourth-order valence-corrected chi connectivity index (χ4v) is 0.335. The van der Waals surface area contributed by atoms with E-state index < -0.39 is 11.0 Å². The highest BCUT2D eigenvalue weighted by Crippen LogP contribution is 2.19. The molecule has 0 atom stereocenters. The molecule has 0 aliphatic rings. The minimum atomic E-state index is -0.510. The Hall–Kier alpha value is -0.570. The fraction of sp³-hybridized carbons (Fsp3) is 0.900. The van der Waals surface area contributed by atoms with E-state index in [4.69, 9.17) is 9.78 Å². The average molecular weight is 188 g/mol. The maximum Gasteiger partial charge on any atom is 0.347 e. The molecule has 0 rings (SSSR count). The van der Waals surface area contributed by atoms with Crippen LogP contribution < -0.4 is 0 Å². The van der Waals surface area contributed by atoms with Crippen molar-refractivity contribution in [3.63, 3.8) is 0 Å². The van der Waals surface area contributed by atoms with Crippen LogP contribution in [0.1, 0.15) is 48.0 Å². The van der Waals surface area contributed by atoms with Gasteiger partial charge in [-0.05, 0) is 41.0 Å². The van der Waals surface area contributed by atoms with Crippen molar-refractivity contribution in [1.82, 2.24) is 0 Å². The first kappa shape index (κ1) is 12.4. The van der Waals surface area contributed by atoms with E-state index in [1.807, 2.05) is 20.8 Å². The zero-order chi connectivity index (χ0) is 10.7. The summed E-state index contributed by atoms with van der Waals surface area (Å²) in [5, 5.41) is 0. The van der Waals surface area contributed by atoms with Crippen molar-refractivity contribution in [3.8, 4) is 0 Å². The zero-order valence-electron chi connectivity index (χ0n) is 9.43. The Morgan fingerprint density at radius 3 is 1.92 bits per heavy atom. The average Bonchev–Trinajstić information content (AvgIpc) is 1.98. The first-order valence-electron chi connectivity index (χ1n) is 4.59. The van der Waals surface area contributed by atoms with E-state index in [-0.39, 0.29) is 5.97 Å². The van der Waals surface area contributed by atoms with Gasteiger partial charge >= 0.3 is 5.97 Å². The van der Waals surface area contributed by atoms with E-state index >= 15 is 0 Å². The third kappa shape index (κ3) is 4.88. The summed E-state index contributed by atoms with van der Waals surface area (Å²) in [6, 6.07) is 0. The lowest BCUT2D eigenvalue weighted by Gasteiger charge is -2.23. The lowest BCUT2D eigenvalue weighted by atomic mass is 9.98. The van der Waals surface area contributed by atoms with Gasteiger partial charge in [-0.2, -0.15) is 4.89 Å². The molecule has 0 radical (unpaired) electrons. The largest absolute Gasteiger partial charge is 0.347 e. The molecule has 78 valence electrons. The maximum atomic E-state index is 11.3. The lowest BCUT2D eigenvalue weighted by Crippen LogP contribution is -2.30. The van der Waals surface area contributed by atoms with Crippen molar-refractivity contribution >= 4 is 5.97 Å². The number of carbonyl (C=O) groups excluding carboxylic acids is 1. The van der Waals surface area contributed by atoms with Crippen molar-refractivity contribution in [2.45, 2.75) is 53.6 Å². The molecule has 0 saturated carbocycles. The third-order valence-electron chi connectivity index (χ3n) is 1.81. The van der Waals surface area contributed by atoms with Crippen LogP contribution in [0.25, 0.3) is 0 Å². The summed E-state index contributed by atoms with van der Waals surface area (Å²) >= 11 is 0. The highest BCUT2D eigenvalue weighted by molar-refractivity contribution is 5.74. The van der Waals surface area contributed by atoms with Crippen molar-refractivity contribution in [3.05, 3.63) is 0 Å². The molecule has 0 amide bonds. The van der Waals surface area contributed by atoms with E-state index in [0.29, 0.717) is 0 Å². The highest BCUT2D eigenvalue weighted by Gasteiger charge is 2.27. The normalized spacial score (nSPS) is 12.8. The summed E-state index contributed by atoms with van der Waals surface area (Å²) in [5.74, 6) is -0.339. The number of carbonyl (C=O) groups is 1. The molecule has 0 spiro atoms. The van der Waals surface area contributed by atoms with Gasteiger partial charge in [0.05, 0.1) is 5.41 Å². The Morgan fingerprint density at radius 1 is 1.15 bits per heavy atom. The quantitative estimate of drug-likeness (QED) is 0.504. The number of hydrogen-bond acceptors (Lipinski definition) is 3. The maximum absolute atomic E-state index is 11.3. The van der Waals surface area contributed by atoms with Gasteiger partial charge in [-0.25, -0.2) is 4.79 Å². The van der Waals surface area contributed by atoms with Gasteiger partial charge in [0.25, 0.3) is 0 Å². The third-order valence-corrected chi connectivity index (χ3v) is 1.81. The van der Waals surface area contributed by atoms with Crippen LogP contribution in [0.4, 0.5) is 0 Å². The van der Waals surface area contributed by atoms with Gasteiger partial charge in [-0.15, -0.1) is 0 Å². The first-order chi connectivity index (χ1) is 5.69. The van der Waals surface area contributed by atoms with Gasteiger partial charge in [0, 0.05) is 0 Å². The zero-order valence-corrected chi connectivity index (χ0v) is 9.43. The summed E-state index contributed by atoms with van der Waals surface area (Å²) in [4.78, 5) is 21.0. The Morgan fingerprint density at radius 2 is 1.62 bits per heavy atom. The Kier molecular flexibility index (Phi) is 3.91. The van der Waals surface area contributed by atoms with E-state index in [1.165, 1.54) is 0 Å². The monoisotopic (exact) mass is 188 g/mol. The molecule has 13 heavy (non-hydrogen) atoms. The molecule has 0 aliphatic carbocycles. The van der Waals surface area contributed by atoms with Gasteiger partial charge in [0.1, 0.15) is 5.60 Å². The Labute approximate surface area is 80.3 Å². The summed E-state index contributed by atoms with van der Waals surface area (Å²) in [5.41, 5.74) is -0.912. The number of hydrogen-bond donors (Lipinski definition) is 0. The van der Waals surface area contributed by atoms with Gasteiger partial charge < -0.3 is 0 Å². The molecule has 0 unspecified atom stereocenters. The van der Waals surface area contributed by atoms with Crippen LogP contribution in [0, 0.1) is 5.41 Å². The highest BCUT2D eigenvalue weighted by atomic mass is 17.2. The van der Waals surface area contributed by atoms with Gasteiger partial charge in [0.2, 0.25) is 0 Å². The van der Waals surface area contributed by atoms with Gasteiger partial charge in [0.15, 0.2) is 0 Å². The van der Waals surface area contributed by atoms with Gasteiger partial charge in [-0.3, -0.25) is 4.89 Å². The van der Waals surface area contributed by atoms with Crippen LogP contribution >= 0.6 is 0 Å². The van der Waals surface area contributed by atoms with Crippen molar-refractivity contribution in [1.29, 1.82) is 0 Å². The molecule has 3 nitrogen and oxygen atoms in total. The van der Waals surface area contributed by atoms with E-state index in [2.05, 4.69) is 0 Å². The second-order valence-electron chi connectivity index (χ2n) is 4.82. The topological polar surface area (TPSA) is 35.5 Å². The molecule has 0 aliphatic heterocycles. The van der Waals surface area contributed by atoms with Crippen molar-refractivity contribution < 1.29 is 14.6 Å². The second kappa shape index (κ2) is 4.09. The van der Waals surface area contributed by atoms with Crippen LogP contribution in [-0.2, 0) is 14.6 Å². The molecule has 3 heteroatoms. The molecule has 0 fully saturated rings. The molecule has 0 aromatic heterocycles. The molecule has 0 saturated heterocycles. The Bertz CT molecular complexity index is 177. The first-order valence-corrected chi connectivity index (χ1v) is 4.59. The van der Waals surface area contributed by atoms with Crippen LogP contribution in [0.2, 0.25) is 0 Å². The molecule has 0 N–H and O–H groups in total. The molecule has 0 bridgehead atoms. The molecular formula is C10H20O3. The van der Waals surface area contributed by atoms with Gasteiger partial charge in [-0.1, -0.05) is 6.92 Å².